The molecular weight excluding hydrogens is 228 g/mol. The molecule has 1 fully saturated rings. The fourth-order valence-corrected chi connectivity index (χ4v) is 2.46. The predicted octanol–water partition coefficient (Wildman–Crippen LogP) is 2.01. The first kappa shape index (κ1) is 12.9. The Kier molecular flexibility index (Phi) is 4.20. The lowest BCUT2D eigenvalue weighted by atomic mass is 9.81. The van der Waals surface area contributed by atoms with E-state index in [4.69, 9.17) is 4.74 Å². The summed E-state index contributed by atoms with van der Waals surface area (Å²) in [6.07, 6.45) is 1.44. The van der Waals surface area contributed by atoms with Gasteiger partial charge in [0.25, 0.3) is 0 Å². The summed E-state index contributed by atoms with van der Waals surface area (Å²) in [5.41, 5.74) is 0.859. The number of alkyl carbamates (subject to hydrolysis) is 1. The zero-order valence-electron chi connectivity index (χ0n) is 10.7. The smallest absolute Gasteiger partial charge is 0.407 e. The second-order valence-corrected chi connectivity index (χ2v) is 4.54. The van der Waals surface area contributed by atoms with Gasteiger partial charge in [-0.2, -0.15) is 0 Å². The van der Waals surface area contributed by atoms with Crippen LogP contribution in [0.25, 0.3) is 0 Å². The first-order valence-corrected chi connectivity index (χ1v) is 6.48. The molecule has 0 saturated carbocycles. The minimum absolute atomic E-state index is 0.293. The number of ether oxygens (including phenoxy) is 1. The Balaban J connectivity index is 2.20. The van der Waals surface area contributed by atoms with Gasteiger partial charge in [0.15, 0.2) is 0 Å². The Labute approximate surface area is 108 Å². The third kappa shape index (κ3) is 2.82. The highest BCUT2D eigenvalue weighted by Gasteiger charge is 2.35. The Hall–Kier alpha value is -1.55. The summed E-state index contributed by atoms with van der Waals surface area (Å²) < 4.78 is 5.02. The van der Waals surface area contributed by atoms with Crippen LogP contribution in [0.2, 0.25) is 0 Å². The number of benzene rings is 1. The molecule has 0 aliphatic carbocycles. The van der Waals surface area contributed by atoms with Crippen LogP contribution in [-0.4, -0.2) is 25.8 Å². The minimum Gasteiger partial charge on any atom is -0.450 e. The fraction of sp³-hybridized carbons (Fsp3) is 0.500. The van der Waals surface area contributed by atoms with Gasteiger partial charge >= 0.3 is 6.09 Å². The standard InChI is InChI=1S/C14H20N2O2/c1-2-18-13(17)16-14(8-10-15-11-9-14)12-6-4-3-5-7-12/h3-7,15H,2,8-11H2,1H3,(H,16,17). The van der Waals surface area contributed by atoms with Gasteiger partial charge < -0.3 is 15.4 Å². The SMILES string of the molecule is CCOC(=O)NC1(c2ccccc2)CCNCC1. The topological polar surface area (TPSA) is 50.4 Å². The Morgan fingerprint density at radius 1 is 1.33 bits per heavy atom. The first-order valence-electron chi connectivity index (χ1n) is 6.48. The molecule has 1 aliphatic heterocycles. The van der Waals surface area contributed by atoms with Crippen LogP contribution < -0.4 is 10.6 Å². The molecule has 0 radical (unpaired) electrons. The van der Waals surface area contributed by atoms with E-state index in [1.807, 2.05) is 25.1 Å². The summed E-state index contributed by atoms with van der Waals surface area (Å²) in [6, 6.07) is 10.1. The third-order valence-corrected chi connectivity index (χ3v) is 3.40. The molecule has 2 N–H and O–H groups in total. The van der Waals surface area contributed by atoms with E-state index in [-0.39, 0.29) is 11.6 Å². The van der Waals surface area contributed by atoms with Crippen LogP contribution in [-0.2, 0) is 10.3 Å². The number of rotatable bonds is 3. The first-order chi connectivity index (χ1) is 8.77. The van der Waals surface area contributed by atoms with Crippen molar-refractivity contribution in [2.45, 2.75) is 25.3 Å². The number of piperidine rings is 1. The molecule has 0 bridgehead atoms. The van der Waals surface area contributed by atoms with Crippen molar-refractivity contribution in [2.75, 3.05) is 19.7 Å². The quantitative estimate of drug-likeness (QED) is 0.860. The van der Waals surface area contributed by atoms with Crippen molar-refractivity contribution >= 4 is 6.09 Å². The molecular formula is C14H20N2O2. The number of hydrogen-bond donors (Lipinski definition) is 2. The molecule has 1 aromatic carbocycles. The van der Waals surface area contributed by atoms with Crippen LogP contribution in [0, 0.1) is 0 Å². The molecule has 1 aromatic rings. The maximum Gasteiger partial charge on any atom is 0.407 e. The van der Waals surface area contributed by atoms with E-state index < -0.39 is 0 Å². The Morgan fingerprint density at radius 3 is 2.61 bits per heavy atom. The zero-order valence-corrected chi connectivity index (χ0v) is 10.7. The fourth-order valence-electron chi connectivity index (χ4n) is 2.46. The summed E-state index contributed by atoms with van der Waals surface area (Å²) in [6.45, 7) is 4.02. The molecule has 1 amide bonds. The highest BCUT2D eigenvalue weighted by Crippen LogP contribution is 2.30. The average Bonchev–Trinajstić information content (AvgIpc) is 2.41. The van der Waals surface area contributed by atoms with Crippen LogP contribution in [0.3, 0.4) is 0 Å². The normalized spacial score (nSPS) is 18.1. The maximum absolute atomic E-state index is 11.7. The molecule has 4 nitrogen and oxygen atoms in total. The molecule has 0 unspecified atom stereocenters. The molecule has 1 saturated heterocycles. The minimum atomic E-state index is -0.330. The summed E-state index contributed by atoms with van der Waals surface area (Å²) in [5.74, 6) is 0. The molecule has 0 aromatic heterocycles. The average molecular weight is 248 g/mol. The second-order valence-electron chi connectivity index (χ2n) is 4.54. The highest BCUT2D eigenvalue weighted by molar-refractivity contribution is 5.68. The van der Waals surface area contributed by atoms with E-state index in [2.05, 4.69) is 22.8 Å². The summed E-state index contributed by atoms with van der Waals surface area (Å²) in [7, 11) is 0. The van der Waals surface area contributed by atoms with E-state index in [1.54, 1.807) is 0 Å². The van der Waals surface area contributed by atoms with Gasteiger partial charge in [-0.3, -0.25) is 0 Å². The van der Waals surface area contributed by atoms with Gasteiger partial charge in [0.1, 0.15) is 0 Å². The van der Waals surface area contributed by atoms with Gasteiger partial charge in [-0.05, 0) is 38.4 Å². The number of hydrogen-bond acceptors (Lipinski definition) is 3. The highest BCUT2D eigenvalue weighted by atomic mass is 16.5. The summed E-state index contributed by atoms with van der Waals surface area (Å²) >= 11 is 0. The van der Waals surface area contributed by atoms with Gasteiger partial charge in [0.05, 0.1) is 12.1 Å². The van der Waals surface area contributed by atoms with Crippen LogP contribution in [0.15, 0.2) is 30.3 Å². The lowest BCUT2D eigenvalue weighted by molar-refractivity contribution is 0.129. The second kappa shape index (κ2) is 5.87. The van der Waals surface area contributed by atoms with E-state index >= 15 is 0 Å². The largest absolute Gasteiger partial charge is 0.450 e. The van der Waals surface area contributed by atoms with E-state index in [1.165, 1.54) is 0 Å². The number of carbonyl (C=O) groups is 1. The van der Waals surface area contributed by atoms with Crippen molar-refractivity contribution in [2.24, 2.45) is 0 Å². The molecule has 98 valence electrons. The predicted molar refractivity (Wildman–Crippen MR) is 70.4 cm³/mol. The van der Waals surface area contributed by atoms with E-state index in [9.17, 15) is 4.79 Å². The third-order valence-electron chi connectivity index (χ3n) is 3.40. The van der Waals surface area contributed by atoms with Crippen LogP contribution in [0.4, 0.5) is 4.79 Å². The van der Waals surface area contributed by atoms with Crippen molar-refractivity contribution in [1.82, 2.24) is 10.6 Å². The van der Waals surface area contributed by atoms with Crippen molar-refractivity contribution in [1.29, 1.82) is 0 Å². The van der Waals surface area contributed by atoms with Gasteiger partial charge in [-0.15, -0.1) is 0 Å². The summed E-state index contributed by atoms with van der Waals surface area (Å²) in [5, 5.41) is 6.37. The molecule has 18 heavy (non-hydrogen) atoms. The summed E-state index contributed by atoms with van der Waals surface area (Å²) in [4.78, 5) is 11.7. The van der Waals surface area contributed by atoms with Crippen molar-refractivity contribution in [3.8, 4) is 0 Å². The maximum atomic E-state index is 11.7. The van der Waals surface area contributed by atoms with Crippen LogP contribution in [0.1, 0.15) is 25.3 Å². The van der Waals surface area contributed by atoms with Gasteiger partial charge in [-0.1, -0.05) is 30.3 Å². The van der Waals surface area contributed by atoms with E-state index in [0.717, 1.165) is 31.5 Å². The van der Waals surface area contributed by atoms with Gasteiger partial charge in [0.2, 0.25) is 0 Å². The molecule has 1 aliphatic rings. The Bertz CT molecular complexity index is 386. The molecule has 4 heteroatoms. The van der Waals surface area contributed by atoms with Crippen molar-refractivity contribution in [3.05, 3.63) is 35.9 Å². The Morgan fingerprint density at radius 2 is 2.00 bits per heavy atom. The van der Waals surface area contributed by atoms with Gasteiger partial charge in [-0.25, -0.2) is 4.79 Å². The number of carbonyl (C=O) groups excluding carboxylic acids is 1. The zero-order chi connectivity index (χ0) is 12.8. The van der Waals surface area contributed by atoms with Crippen LogP contribution >= 0.6 is 0 Å². The lowest BCUT2D eigenvalue weighted by Gasteiger charge is -2.38. The molecule has 0 spiro atoms. The number of amides is 1. The van der Waals surface area contributed by atoms with Crippen molar-refractivity contribution in [3.63, 3.8) is 0 Å². The molecule has 1 heterocycles. The van der Waals surface area contributed by atoms with E-state index in [0.29, 0.717) is 6.61 Å². The van der Waals surface area contributed by atoms with Crippen LogP contribution in [0.5, 0.6) is 0 Å². The lowest BCUT2D eigenvalue weighted by Crippen LogP contribution is -2.52. The molecule has 2 rings (SSSR count). The van der Waals surface area contributed by atoms with Gasteiger partial charge in [0, 0.05) is 0 Å². The number of nitrogens with one attached hydrogen (secondary N) is 2. The molecule has 0 atom stereocenters. The monoisotopic (exact) mass is 248 g/mol. The van der Waals surface area contributed by atoms with Crippen molar-refractivity contribution < 1.29 is 9.53 Å².